The summed E-state index contributed by atoms with van der Waals surface area (Å²) in [6.07, 6.45) is -78.9. The quantitative estimate of drug-likeness (QED) is 0.107. The van der Waals surface area contributed by atoms with Gasteiger partial charge in [0.25, 0.3) is 0 Å². The highest BCUT2D eigenvalue weighted by Gasteiger charge is 2.61. The summed E-state index contributed by atoms with van der Waals surface area (Å²) < 4.78 is 104. The maximum Gasteiger partial charge on any atom is 0.187 e. The van der Waals surface area contributed by atoms with Crippen LogP contribution in [0.5, 0.6) is 0 Å². The predicted molar refractivity (Wildman–Crippen MR) is 290 cm³/mol. The van der Waals surface area contributed by atoms with Crippen molar-refractivity contribution in [2.75, 3.05) is 59.5 Å². The van der Waals surface area contributed by atoms with Gasteiger partial charge in [-0.2, -0.15) is 0 Å². The average Bonchev–Trinajstić information content (AvgIpc) is 0.766. The minimum atomic E-state index is -2.60. The van der Waals surface area contributed by atoms with Crippen LogP contribution in [-0.2, 0) is 85.3 Å². The number of rotatable bonds is 8. The zero-order valence-electron chi connectivity index (χ0n) is 51.0. The molecule has 27 saturated heterocycles. The van der Waals surface area contributed by atoms with Crippen LogP contribution in [0.25, 0.3) is 0 Å². The van der Waals surface area contributed by atoms with Gasteiger partial charge in [-0.1, -0.05) is 0 Å². The van der Waals surface area contributed by atoms with Crippen LogP contribution in [0.3, 0.4) is 0 Å². The van der Waals surface area contributed by atoms with Gasteiger partial charge < -0.3 is 208 Å². The van der Waals surface area contributed by atoms with E-state index >= 15 is 0 Å². The second-order valence-electron chi connectivity index (χ2n) is 25.2. The van der Waals surface area contributed by atoms with Gasteiger partial charge in [0.2, 0.25) is 0 Å². The lowest BCUT2D eigenvalue weighted by Gasteiger charge is -2.51. The minimum Gasteiger partial charge on any atom is -0.394 e. The molecule has 0 aliphatic carbocycles. The molecule has 96 heavy (non-hydrogen) atoms. The lowest BCUT2D eigenvalue weighted by Crippen LogP contribution is -2.70. The molecule has 42 nitrogen and oxygen atoms in total. The van der Waals surface area contributed by atoms with Gasteiger partial charge in [0.15, 0.2) is 56.6 Å². The third-order valence-electron chi connectivity index (χ3n) is 18.8. The summed E-state index contributed by atoms with van der Waals surface area (Å²) in [5, 5.41) is 267. The molecule has 27 heterocycles. The fraction of sp³-hybridized carbons (Fsp3) is 1.00. The Morgan fingerprint density at radius 1 is 0.271 bits per heavy atom. The van der Waals surface area contributed by atoms with Gasteiger partial charge in [0, 0.05) is 12.8 Å². The molecule has 27 rings (SSSR count). The summed E-state index contributed by atoms with van der Waals surface area (Å²) >= 11 is 0. The van der Waals surface area contributed by atoms with Gasteiger partial charge in [0.1, 0.15) is 189 Å². The van der Waals surface area contributed by atoms with E-state index in [0.717, 1.165) is 6.92 Å². The molecular weight excluding hydrogens is 1320 g/mol. The molecule has 0 aromatic carbocycles. The number of ether oxygens (including phenoxy) is 18. The standard InChI is InChI=1S/C54H90O42/c1-54(78)44(77)53-88-23(11-62)45(54)96-47-32(71)26(65)24(12-79-47)89-49-33(72)27(66)39(18(6-57)83-49)90-25-3-13(63)38(17(5-56)80-25)91-50-35(74)29(68)40(19(7-58)85-50)92-46-14(64)2-15(16(4-55)82-46)81-48-34(73)28(67)41(20(8-59)84-48)93-51-36(75)30(69)42(21(9-60)86-51)94-52-37(76)31(70)43(95-53)22(10-61)87-52/h13-53,55-78H,2-12H2,1H3/t13-,14?,15+,16?,17?,18?,19?,20?,21?,22?,23?,24-,25-,26+,27-,28-,29-,30-,31-,32?,33?,34?,35?,36?,37?,38+,39-,40-,41-,42-,43-,44?,45-,46-,47-,48+,49-,50-,51-,52-,53-,54-/m1/s1. The average molecular weight is 1410 g/mol. The molecule has 27 aliphatic heterocycles. The van der Waals surface area contributed by atoms with Crippen molar-refractivity contribution in [3.05, 3.63) is 0 Å². The molecule has 0 aromatic rings. The number of aliphatic hydroxyl groups excluding tert-OH is 23. The molecule has 42 heteroatoms. The van der Waals surface area contributed by atoms with E-state index in [2.05, 4.69) is 0 Å². The van der Waals surface area contributed by atoms with Gasteiger partial charge in [0.05, 0.1) is 71.7 Å². The monoisotopic (exact) mass is 1410 g/mol. The number of hydrogen-bond donors (Lipinski definition) is 24. The van der Waals surface area contributed by atoms with Crippen LogP contribution in [-0.4, -0.2) is 440 Å². The lowest BCUT2D eigenvalue weighted by atomic mass is 9.85. The van der Waals surface area contributed by atoms with Crippen molar-refractivity contribution < 1.29 is 208 Å². The van der Waals surface area contributed by atoms with E-state index in [1.807, 2.05) is 0 Å². The van der Waals surface area contributed by atoms with Crippen LogP contribution in [0, 0.1) is 0 Å². The molecule has 0 amide bonds. The van der Waals surface area contributed by atoms with Crippen molar-refractivity contribution in [3.63, 3.8) is 0 Å². The molecular formula is C54H90O42. The molecule has 27 aliphatic rings. The van der Waals surface area contributed by atoms with E-state index in [9.17, 15) is 123 Å². The second-order valence-corrected chi connectivity index (χ2v) is 25.2. The van der Waals surface area contributed by atoms with Gasteiger partial charge in [-0.15, -0.1) is 0 Å². The van der Waals surface area contributed by atoms with E-state index in [0.29, 0.717) is 0 Å². The Kier molecular flexibility index (Phi) is 26.1. The highest BCUT2D eigenvalue weighted by Crippen LogP contribution is 2.41. The maximum atomic E-state index is 11.8. The van der Waals surface area contributed by atoms with Gasteiger partial charge >= 0.3 is 0 Å². The summed E-state index contributed by atoms with van der Waals surface area (Å²) in [6, 6.07) is 0. The van der Waals surface area contributed by atoms with Crippen molar-refractivity contribution in [3.8, 4) is 0 Å². The largest absolute Gasteiger partial charge is 0.394 e. The van der Waals surface area contributed by atoms with Crippen LogP contribution >= 0.6 is 0 Å². The Labute approximate surface area is 543 Å². The Bertz CT molecular complexity index is 2390. The van der Waals surface area contributed by atoms with Crippen molar-refractivity contribution >= 4 is 0 Å². The van der Waals surface area contributed by atoms with Crippen molar-refractivity contribution in [1.82, 2.24) is 0 Å². The maximum absolute atomic E-state index is 11.8. The third kappa shape index (κ3) is 15.4. The Morgan fingerprint density at radius 2 is 0.594 bits per heavy atom. The molecule has 27 fully saturated rings. The Morgan fingerprint density at radius 3 is 1.01 bits per heavy atom. The summed E-state index contributed by atoms with van der Waals surface area (Å²) in [5.41, 5.74) is -2.60. The van der Waals surface area contributed by atoms with Gasteiger partial charge in [-0.3, -0.25) is 0 Å². The first kappa shape index (κ1) is 76.9. The van der Waals surface area contributed by atoms with Crippen molar-refractivity contribution in [2.24, 2.45) is 0 Å². The van der Waals surface area contributed by atoms with Gasteiger partial charge in [-0.05, 0) is 6.92 Å². The summed E-state index contributed by atoms with van der Waals surface area (Å²) in [6.45, 7) is -7.76. The first-order chi connectivity index (χ1) is 45.7. The minimum absolute atomic E-state index is 0.540. The smallest absolute Gasteiger partial charge is 0.187 e. The molecule has 0 aromatic heterocycles. The van der Waals surface area contributed by atoms with Gasteiger partial charge in [-0.25, -0.2) is 0 Å². The second kappa shape index (κ2) is 32.5. The number of aliphatic hydroxyl groups is 24. The molecule has 24 N–H and O–H groups in total. The van der Waals surface area contributed by atoms with Crippen LogP contribution in [0.2, 0.25) is 0 Å². The SMILES string of the molecule is C[C@@]1(O)C(O)[C@@H]2OC(CO)[C@H]1O[C@H]1OC[C@@H](O[C@H]3OC(CO)[C@@H](O[C@@H]4C[C@@H](O)[C@H](O[C@H]5OC(CO)[C@@H](O[C@H]6OC(CO)[C@H](CC6O)O[C@H]6OC(CO)[C@@H](O[C@H]7OC(CO)[C@@H](O[C@H]8OC(CO)[C@@H](O2)[C@H](O)C8O)[C@H](O)C7O)[C@H](O)C6O)[C@H](O)C5O)C(CO)O4)[C@H](O)C3O)[C@H](O)C1O. The third-order valence-corrected chi connectivity index (χ3v) is 18.8. The lowest BCUT2D eigenvalue weighted by molar-refractivity contribution is -0.402. The fourth-order valence-corrected chi connectivity index (χ4v) is 13.3. The molecule has 42 atom stereocenters. The zero-order valence-corrected chi connectivity index (χ0v) is 51.0. The molecule has 0 radical (unpaired) electrons. The first-order valence-electron chi connectivity index (χ1n) is 31.2. The zero-order chi connectivity index (χ0) is 69.7. The highest BCUT2D eigenvalue weighted by atomic mass is 16.8. The highest BCUT2D eigenvalue weighted by molar-refractivity contribution is 5.04. The molecule has 558 valence electrons. The fourth-order valence-electron chi connectivity index (χ4n) is 13.3. The first-order valence-corrected chi connectivity index (χ1v) is 31.2. The van der Waals surface area contributed by atoms with E-state index < -0.39 is 330 Å². The van der Waals surface area contributed by atoms with E-state index in [1.165, 1.54) is 0 Å². The van der Waals surface area contributed by atoms with Crippen LogP contribution in [0.15, 0.2) is 0 Å². The summed E-state index contributed by atoms with van der Waals surface area (Å²) in [5.74, 6) is 0. The molecule has 16 unspecified atom stereocenters. The van der Waals surface area contributed by atoms with E-state index in [-0.39, 0.29) is 0 Å². The van der Waals surface area contributed by atoms with Crippen molar-refractivity contribution in [1.29, 1.82) is 0 Å². The summed E-state index contributed by atoms with van der Waals surface area (Å²) in [4.78, 5) is 0. The number of hydrogen-bond acceptors (Lipinski definition) is 42. The topological polar surface area (TPSA) is 652 Å². The van der Waals surface area contributed by atoms with E-state index in [4.69, 9.17) is 85.3 Å². The molecule has 0 spiro atoms. The molecule has 0 saturated carbocycles. The van der Waals surface area contributed by atoms with Crippen LogP contribution in [0.4, 0.5) is 0 Å². The normalized spacial score (nSPS) is 55.2. The Balaban J connectivity index is 0.877. The summed E-state index contributed by atoms with van der Waals surface area (Å²) in [7, 11) is 0. The predicted octanol–water partition coefficient (Wildman–Crippen LogP) is -16.5. The van der Waals surface area contributed by atoms with Crippen LogP contribution < -0.4 is 0 Å². The van der Waals surface area contributed by atoms with Crippen LogP contribution in [0.1, 0.15) is 19.8 Å². The van der Waals surface area contributed by atoms with E-state index in [1.54, 1.807) is 0 Å². The van der Waals surface area contributed by atoms with Crippen molar-refractivity contribution in [2.45, 2.75) is 277 Å². The molecule has 18 bridgehead atoms. The Hall–Kier alpha value is -1.68.